The van der Waals surface area contributed by atoms with Crippen molar-refractivity contribution in [3.63, 3.8) is 0 Å². The van der Waals surface area contributed by atoms with Gasteiger partial charge in [0.1, 0.15) is 12.4 Å². The third-order valence-corrected chi connectivity index (χ3v) is 4.39. The van der Waals surface area contributed by atoms with Crippen LogP contribution in [0, 0.1) is 11.8 Å². The normalized spacial score (nSPS) is 16.8. The van der Waals surface area contributed by atoms with Gasteiger partial charge in [0.2, 0.25) is 5.91 Å². The number of rotatable bonds is 8. The van der Waals surface area contributed by atoms with E-state index in [2.05, 4.69) is 17.6 Å². The molecule has 0 aliphatic carbocycles. The van der Waals surface area contributed by atoms with Crippen LogP contribution in [-0.2, 0) is 9.53 Å². The molecule has 128 valence electrons. The largest absolute Gasteiger partial charge is 0.491 e. The fourth-order valence-electron chi connectivity index (χ4n) is 2.96. The van der Waals surface area contributed by atoms with Crippen molar-refractivity contribution in [3.8, 4) is 5.75 Å². The molecule has 0 spiro atoms. The Balaban J connectivity index is 1.75. The molecule has 0 aromatic heterocycles. The monoisotopic (exact) mass is 320 g/mol. The molecule has 1 heterocycles. The number of benzene rings is 1. The Morgan fingerprint density at radius 2 is 1.96 bits per heavy atom. The van der Waals surface area contributed by atoms with E-state index in [1.54, 1.807) is 7.11 Å². The predicted octanol–water partition coefficient (Wildman–Crippen LogP) is 2.68. The Labute approximate surface area is 138 Å². The highest BCUT2D eigenvalue weighted by atomic mass is 16.5. The van der Waals surface area contributed by atoms with E-state index < -0.39 is 0 Å². The van der Waals surface area contributed by atoms with E-state index in [0.717, 1.165) is 24.5 Å². The first kappa shape index (κ1) is 17.8. The van der Waals surface area contributed by atoms with Crippen LogP contribution >= 0.6 is 0 Å². The summed E-state index contributed by atoms with van der Waals surface area (Å²) in [5, 5.41) is 6.34. The Bertz CT molecular complexity index is 470. The smallest absolute Gasteiger partial charge is 0.224 e. The van der Waals surface area contributed by atoms with E-state index >= 15 is 0 Å². The van der Waals surface area contributed by atoms with Gasteiger partial charge in [-0.2, -0.15) is 0 Å². The van der Waals surface area contributed by atoms with Crippen LogP contribution in [0.15, 0.2) is 24.3 Å². The molecule has 0 radical (unpaired) electrons. The van der Waals surface area contributed by atoms with Crippen molar-refractivity contribution in [2.75, 3.05) is 38.7 Å². The molecule has 1 fully saturated rings. The lowest BCUT2D eigenvalue weighted by Crippen LogP contribution is -2.32. The van der Waals surface area contributed by atoms with Gasteiger partial charge in [0.15, 0.2) is 0 Å². The average Bonchev–Trinajstić information content (AvgIpc) is 2.57. The van der Waals surface area contributed by atoms with Crippen LogP contribution in [0.3, 0.4) is 0 Å². The van der Waals surface area contributed by atoms with Crippen LogP contribution in [0.4, 0.5) is 5.69 Å². The summed E-state index contributed by atoms with van der Waals surface area (Å²) >= 11 is 0. The fraction of sp³-hybridized carbons (Fsp3) is 0.611. The van der Waals surface area contributed by atoms with Crippen LogP contribution in [0.25, 0.3) is 0 Å². The first-order valence-corrected chi connectivity index (χ1v) is 8.41. The highest BCUT2D eigenvalue weighted by Gasteiger charge is 2.21. The lowest BCUT2D eigenvalue weighted by atomic mass is 9.84. The van der Waals surface area contributed by atoms with Crippen LogP contribution < -0.4 is 15.4 Å². The van der Waals surface area contributed by atoms with Crippen molar-refractivity contribution in [1.29, 1.82) is 0 Å². The number of amides is 1. The van der Waals surface area contributed by atoms with Gasteiger partial charge in [0.25, 0.3) is 0 Å². The standard InChI is InChI=1S/C18H28N2O3/c1-14(15-7-9-19-10-8-15)13-18(21)20-16-3-5-17(6-4-16)23-12-11-22-2/h3-6,14-15,19H,7-13H2,1-2H3,(H,20,21). The minimum Gasteiger partial charge on any atom is -0.491 e. The lowest BCUT2D eigenvalue weighted by Gasteiger charge is -2.27. The van der Waals surface area contributed by atoms with Crippen LogP contribution in [-0.4, -0.2) is 39.3 Å². The van der Waals surface area contributed by atoms with E-state index in [-0.39, 0.29) is 5.91 Å². The zero-order valence-electron chi connectivity index (χ0n) is 14.1. The molecule has 1 amide bonds. The minimum atomic E-state index is 0.0871. The topological polar surface area (TPSA) is 59.6 Å². The van der Waals surface area contributed by atoms with Gasteiger partial charge in [-0.3, -0.25) is 4.79 Å². The molecule has 23 heavy (non-hydrogen) atoms. The molecule has 1 aliphatic heterocycles. The molecule has 1 unspecified atom stereocenters. The number of methoxy groups -OCH3 is 1. The molecule has 0 bridgehead atoms. The maximum atomic E-state index is 12.2. The van der Waals surface area contributed by atoms with Crippen LogP contribution in [0.5, 0.6) is 5.75 Å². The van der Waals surface area contributed by atoms with E-state index in [1.165, 1.54) is 12.8 Å². The SMILES string of the molecule is COCCOc1ccc(NC(=O)CC(C)C2CCNCC2)cc1. The van der Waals surface area contributed by atoms with Gasteiger partial charge in [0.05, 0.1) is 6.61 Å². The van der Waals surface area contributed by atoms with E-state index in [0.29, 0.717) is 31.5 Å². The summed E-state index contributed by atoms with van der Waals surface area (Å²) in [4.78, 5) is 12.2. The predicted molar refractivity (Wildman–Crippen MR) is 91.8 cm³/mol. The molecule has 5 heteroatoms. The maximum Gasteiger partial charge on any atom is 0.224 e. The Morgan fingerprint density at radius 1 is 1.26 bits per heavy atom. The van der Waals surface area contributed by atoms with Gasteiger partial charge < -0.3 is 20.1 Å². The second-order valence-electron chi connectivity index (χ2n) is 6.18. The highest BCUT2D eigenvalue weighted by molar-refractivity contribution is 5.90. The second-order valence-corrected chi connectivity index (χ2v) is 6.18. The summed E-state index contributed by atoms with van der Waals surface area (Å²) in [6.07, 6.45) is 2.92. The highest BCUT2D eigenvalue weighted by Crippen LogP contribution is 2.25. The molecule has 1 saturated heterocycles. The molecule has 1 aliphatic rings. The Morgan fingerprint density at radius 3 is 2.61 bits per heavy atom. The number of nitrogens with one attached hydrogen (secondary N) is 2. The molecule has 2 rings (SSSR count). The molecular formula is C18H28N2O3. The average molecular weight is 320 g/mol. The van der Waals surface area contributed by atoms with Gasteiger partial charge in [-0.1, -0.05) is 6.92 Å². The molecule has 1 aromatic rings. The number of hydrogen-bond donors (Lipinski definition) is 2. The number of hydrogen-bond acceptors (Lipinski definition) is 4. The van der Waals surface area contributed by atoms with Crippen molar-refractivity contribution in [1.82, 2.24) is 5.32 Å². The number of anilines is 1. The molecule has 5 nitrogen and oxygen atoms in total. The van der Waals surface area contributed by atoms with Crippen molar-refractivity contribution in [3.05, 3.63) is 24.3 Å². The zero-order chi connectivity index (χ0) is 16.5. The number of ether oxygens (including phenoxy) is 2. The van der Waals surface area contributed by atoms with Gasteiger partial charge >= 0.3 is 0 Å². The molecule has 2 N–H and O–H groups in total. The van der Waals surface area contributed by atoms with E-state index in [1.807, 2.05) is 24.3 Å². The summed E-state index contributed by atoms with van der Waals surface area (Å²) < 4.78 is 10.4. The molecular weight excluding hydrogens is 292 g/mol. The number of carbonyl (C=O) groups excluding carboxylic acids is 1. The van der Waals surface area contributed by atoms with Crippen LogP contribution in [0.2, 0.25) is 0 Å². The summed E-state index contributed by atoms with van der Waals surface area (Å²) in [5.74, 6) is 1.94. The van der Waals surface area contributed by atoms with Crippen molar-refractivity contribution in [2.45, 2.75) is 26.2 Å². The quantitative estimate of drug-likeness (QED) is 0.723. The Hall–Kier alpha value is -1.59. The molecule has 1 aromatic carbocycles. The third-order valence-electron chi connectivity index (χ3n) is 4.39. The minimum absolute atomic E-state index is 0.0871. The van der Waals surface area contributed by atoms with Gasteiger partial charge in [-0.05, 0) is 62.0 Å². The maximum absolute atomic E-state index is 12.2. The van der Waals surface area contributed by atoms with Gasteiger partial charge in [0, 0.05) is 19.2 Å². The first-order chi connectivity index (χ1) is 11.2. The van der Waals surface area contributed by atoms with Crippen molar-refractivity contribution in [2.24, 2.45) is 11.8 Å². The van der Waals surface area contributed by atoms with Gasteiger partial charge in [-0.25, -0.2) is 0 Å². The van der Waals surface area contributed by atoms with Gasteiger partial charge in [-0.15, -0.1) is 0 Å². The first-order valence-electron chi connectivity index (χ1n) is 8.41. The van der Waals surface area contributed by atoms with Crippen LogP contribution in [0.1, 0.15) is 26.2 Å². The van der Waals surface area contributed by atoms with E-state index in [9.17, 15) is 4.79 Å². The summed E-state index contributed by atoms with van der Waals surface area (Å²) in [7, 11) is 1.65. The number of carbonyl (C=O) groups is 1. The summed E-state index contributed by atoms with van der Waals surface area (Å²) in [5.41, 5.74) is 0.812. The van der Waals surface area contributed by atoms with E-state index in [4.69, 9.17) is 9.47 Å². The summed E-state index contributed by atoms with van der Waals surface area (Å²) in [6, 6.07) is 7.47. The lowest BCUT2D eigenvalue weighted by molar-refractivity contribution is -0.117. The summed E-state index contributed by atoms with van der Waals surface area (Å²) in [6.45, 7) is 5.41. The second kappa shape index (κ2) is 9.53. The molecule has 0 saturated carbocycles. The van der Waals surface area contributed by atoms with Crippen molar-refractivity contribution >= 4 is 11.6 Å². The zero-order valence-corrected chi connectivity index (χ0v) is 14.1. The molecule has 1 atom stereocenters. The number of piperidine rings is 1. The Kier molecular flexibility index (Phi) is 7.36. The fourth-order valence-corrected chi connectivity index (χ4v) is 2.96. The third kappa shape index (κ3) is 6.20. The van der Waals surface area contributed by atoms with Crippen molar-refractivity contribution < 1.29 is 14.3 Å².